The molecule has 108 valence electrons. The van der Waals surface area contributed by atoms with Crippen LogP contribution in [0.5, 0.6) is 5.75 Å². The molecule has 0 N–H and O–H groups in total. The van der Waals surface area contributed by atoms with Crippen molar-refractivity contribution < 1.29 is 18.2 Å². The molecule has 1 aromatic carbocycles. The van der Waals surface area contributed by atoms with Crippen LogP contribution in [0.3, 0.4) is 0 Å². The van der Waals surface area contributed by atoms with Crippen LogP contribution in [-0.4, -0.2) is 19.3 Å². The second-order valence-electron chi connectivity index (χ2n) is 3.96. The van der Waals surface area contributed by atoms with Crippen molar-refractivity contribution in [2.45, 2.75) is 6.10 Å². The molecule has 0 bridgehead atoms. The first-order chi connectivity index (χ1) is 9.72. The Morgan fingerprint density at radius 1 is 1.25 bits per heavy atom. The second kappa shape index (κ2) is 8.02. The molecule has 20 heavy (non-hydrogen) atoms. The van der Waals surface area contributed by atoms with Gasteiger partial charge < -0.3 is 18.2 Å². The Labute approximate surface area is 122 Å². The summed E-state index contributed by atoms with van der Waals surface area (Å²) in [6, 6.07) is 8.46. The van der Waals surface area contributed by atoms with E-state index in [1.807, 2.05) is 12.1 Å². The van der Waals surface area contributed by atoms with Crippen molar-refractivity contribution in [1.29, 1.82) is 0 Å². The van der Waals surface area contributed by atoms with Gasteiger partial charge in [-0.3, -0.25) is 0 Å². The van der Waals surface area contributed by atoms with Gasteiger partial charge >= 0.3 is 5.63 Å². The molecular formula is C12H15O5P3. The third-order valence-corrected chi connectivity index (χ3v) is 3.62. The van der Waals surface area contributed by atoms with Gasteiger partial charge in [-0.05, 0) is 18.2 Å². The predicted molar refractivity (Wildman–Crippen MR) is 86.5 cm³/mol. The fourth-order valence-corrected chi connectivity index (χ4v) is 2.76. The van der Waals surface area contributed by atoms with Gasteiger partial charge in [0.1, 0.15) is 24.0 Å². The van der Waals surface area contributed by atoms with Gasteiger partial charge in [0.2, 0.25) is 0 Å². The Hall–Kier alpha value is -0.560. The van der Waals surface area contributed by atoms with Crippen molar-refractivity contribution in [2.75, 3.05) is 13.2 Å². The van der Waals surface area contributed by atoms with Gasteiger partial charge in [0, 0.05) is 35.5 Å². The Bertz CT molecular complexity index is 609. The van der Waals surface area contributed by atoms with Gasteiger partial charge in [0.05, 0.1) is 6.61 Å². The lowest BCUT2D eigenvalue weighted by Gasteiger charge is -2.16. The number of benzene rings is 1. The molecule has 0 saturated carbocycles. The maximum atomic E-state index is 11.2. The predicted octanol–water partition coefficient (Wildman–Crippen LogP) is 2.75. The molecule has 8 heteroatoms. The van der Waals surface area contributed by atoms with Crippen LogP contribution in [0.4, 0.5) is 0 Å². The van der Waals surface area contributed by atoms with Crippen molar-refractivity contribution >= 4 is 37.9 Å². The van der Waals surface area contributed by atoms with Crippen LogP contribution in [0.25, 0.3) is 11.0 Å². The summed E-state index contributed by atoms with van der Waals surface area (Å²) in [5.74, 6) is 0.622. The summed E-state index contributed by atoms with van der Waals surface area (Å²) in [6.07, 6.45) is -0.151. The normalized spacial score (nSPS) is 13.1. The highest BCUT2D eigenvalue weighted by molar-refractivity contribution is 8.00. The van der Waals surface area contributed by atoms with Crippen molar-refractivity contribution in [3.63, 3.8) is 0 Å². The molecule has 0 saturated heterocycles. The summed E-state index contributed by atoms with van der Waals surface area (Å²) in [6.45, 7) is 0.785. The van der Waals surface area contributed by atoms with Crippen LogP contribution in [0.1, 0.15) is 0 Å². The van der Waals surface area contributed by atoms with E-state index in [1.165, 1.54) is 6.07 Å². The maximum absolute atomic E-state index is 11.2. The number of hydrogen-bond donors (Lipinski definition) is 0. The van der Waals surface area contributed by atoms with Gasteiger partial charge in [0.25, 0.3) is 0 Å². The molecule has 0 amide bonds. The van der Waals surface area contributed by atoms with E-state index in [0.29, 0.717) is 24.5 Å². The van der Waals surface area contributed by atoms with E-state index >= 15 is 0 Å². The van der Waals surface area contributed by atoms with Crippen molar-refractivity contribution in [3.8, 4) is 5.75 Å². The molecule has 1 aromatic heterocycles. The topological polar surface area (TPSA) is 57.9 Å². The number of ether oxygens (including phenoxy) is 1. The third kappa shape index (κ3) is 4.48. The highest BCUT2D eigenvalue weighted by Gasteiger charge is 2.10. The standard InChI is InChI=1S/C12H15O5P3/c13-12-4-2-8-1-3-9(5-11(8)16-12)14-6-10(7-15-18)17-20-19/h1-5,10,20H,6-7,18-19H2/t10-/m0/s1. The van der Waals surface area contributed by atoms with E-state index in [-0.39, 0.29) is 20.2 Å². The zero-order valence-corrected chi connectivity index (χ0v) is 13.9. The van der Waals surface area contributed by atoms with Crippen molar-refractivity contribution in [3.05, 3.63) is 40.8 Å². The SMILES string of the molecule is O=c1ccc2ccc(OC[C@@H](COP)OPP)cc2o1. The fourth-order valence-electron chi connectivity index (χ4n) is 1.64. The average Bonchev–Trinajstić information content (AvgIpc) is 2.44. The summed E-state index contributed by atoms with van der Waals surface area (Å²) in [5, 5.41) is 0.851. The lowest BCUT2D eigenvalue weighted by Crippen LogP contribution is -2.23. The first-order valence-corrected chi connectivity index (χ1v) is 9.01. The first kappa shape index (κ1) is 15.8. The van der Waals surface area contributed by atoms with Crippen molar-refractivity contribution in [2.24, 2.45) is 0 Å². The average molecular weight is 332 g/mol. The summed E-state index contributed by atoms with van der Waals surface area (Å²) in [4.78, 5) is 11.2. The van der Waals surface area contributed by atoms with E-state index in [1.54, 1.807) is 12.1 Å². The van der Waals surface area contributed by atoms with Gasteiger partial charge in [-0.15, -0.1) is 0 Å². The van der Waals surface area contributed by atoms with E-state index in [0.717, 1.165) is 5.39 Å². The van der Waals surface area contributed by atoms with Crippen LogP contribution in [-0.2, 0) is 9.05 Å². The zero-order chi connectivity index (χ0) is 14.4. The van der Waals surface area contributed by atoms with E-state index < -0.39 is 0 Å². The lowest BCUT2D eigenvalue weighted by molar-refractivity contribution is 0.105. The minimum atomic E-state index is -0.378. The monoisotopic (exact) mass is 332 g/mol. The molecule has 0 aliphatic rings. The quantitative estimate of drug-likeness (QED) is 0.576. The Morgan fingerprint density at radius 2 is 2.05 bits per heavy atom. The smallest absolute Gasteiger partial charge is 0.336 e. The first-order valence-electron chi connectivity index (χ1n) is 5.82. The molecular weight excluding hydrogens is 317 g/mol. The van der Waals surface area contributed by atoms with Crippen LogP contribution in [0.2, 0.25) is 0 Å². The third-order valence-electron chi connectivity index (χ3n) is 2.55. The Kier molecular flexibility index (Phi) is 6.35. The van der Waals surface area contributed by atoms with Gasteiger partial charge in [-0.2, -0.15) is 0 Å². The molecule has 0 spiro atoms. The molecule has 0 aliphatic carbocycles. The van der Waals surface area contributed by atoms with Crippen molar-refractivity contribution in [1.82, 2.24) is 0 Å². The van der Waals surface area contributed by atoms with Gasteiger partial charge in [-0.1, -0.05) is 8.93 Å². The van der Waals surface area contributed by atoms with E-state index in [4.69, 9.17) is 18.2 Å². The zero-order valence-electron chi connectivity index (χ0n) is 10.6. The van der Waals surface area contributed by atoms with Crippen LogP contribution in [0.15, 0.2) is 39.5 Å². The number of rotatable bonds is 7. The molecule has 0 fully saturated rings. The largest absolute Gasteiger partial charge is 0.491 e. The minimum absolute atomic E-state index is 0.151. The summed E-state index contributed by atoms with van der Waals surface area (Å²) >= 11 is 0. The molecule has 3 unspecified atom stereocenters. The summed E-state index contributed by atoms with van der Waals surface area (Å²) in [7, 11) is 4.99. The molecule has 5 nitrogen and oxygen atoms in total. The van der Waals surface area contributed by atoms with Gasteiger partial charge in [-0.25, -0.2) is 4.79 Å². The lowest BCUT2D eigenvalue weighted by atomic mass is 10.2. The van der Waals surface area contributed by atoms with Gasteiger partial charge in [0.15, 0.2) is 0 Å². The number of fused-ring (bicyclic) bond motifs is 1. The molecule has 2 aromatic rings. The highest BCUT2D eigenvalue weighted by atomic mass is 32.0. The van der Waals surface area contributed by atoms with Crippen LogP contribution >= 0.6 is 26.9 Å². The molecule has 2 rings (SSSR count). The maximum Gasteiger partial charge on any atom is 0.336 e. The molecule has 1 heterocycles. The Morgan fingerprint density at radius 3 is 2.80 bits per heavy atom. The van der Waals surface area contributed by atoms with Crippen LogP contribution < -0.4 is 10.4 Å². The minimum Gasteiger partial charge on any atom is -0.491 e. The van der Waals surface area contributed by atoms with E-state index in [9.17, 15) is 4.79 Å². The number of hydrogen-bond acceptors (Lipinski definition) is 5. The molecule has 4 atom stereocenters. The highest BCUT2D eigenvalue weighted by Crippen LogP contribution is 2.25. The van der Waals surface area contributed by atoms with Crippen LogP contribution in [0, 0.1) is 0 Å². The molecule has 0 radical (unpaired) electrons. The van der Waals surface area contributed by atoms with E-state index in [2.05, 4.69) is 18.4 Å². The summed E-state index contributed by atoms with van der Waals surface area (Å²) < 4.78 is 21.2. The second-order valence-corrected chi connectivity index (χ2v) is 5.47. The fraction of sp³-hybridized carbons (Fsp3) is 0.250. The summed E-state index contributed by atoms with van der Waals surface area (Å²) in [5.41, 5.74) is 0.124. The Balaban J connectivity index is 2.07. The molecule has 0 aliphatic heterocycles.